The molecule has 1 aromatic carbocycles. The van der Waals surface area contributed by atoms with Gasteiger partial charge in [-0.15, -0.1) is 0 Å². The summed E-state index contributed by atoms with van der Waals surface area (Å²) in [6.45, 7) is -0.145. The first kappa shape index (κ1) is 12.1. The monoisotopic (exact) mass is 228 g/mol. The smallest absolute Gasteiger partial charge is 0.314 e. The normalized spacial score (nSPS) is 10.1. The van der Waals surface area contributed by atoms with Gasteiger partial charge in [0, 0.05) is 0 Å². The Labute approximate surface area is 89.9 Å². The van der Waals surface area contributed by atoms with Crippen LogP contribution in [0.4, 0.5) is 10.1 Å². The molecule has 0 radical (unpaired) electrons. The molecule has 0 bridgehead atoms. The second-order valence-corrected chi connectivity index (χ2v) is 3.03. The van der Waals surface area contributed by atoms with Gasteiger partial charge in [0.1, 0.15) is 5.82 Å². The second kappa shape index (κ2) is 4.67. The Morgan fingerprint density at radius 1 is 1.62 bits per heavy atom. The number of nitro benzene ring substituents is 1. The molecule has 16 heavy (non-hydrogen) atoms. The van der Waals surface area contributed by atoms with E-state index in [2.05, 4.69) is 5.32 Å². The number of ketones is 1. The minimum atomic E-state index is -0.950. The third-order valence-electron chi connectivity index (χ3n) is 1.89. The number of hydrogen-bond acceptors (Lipinski definition) is 5. The van der Waals surface area contributed by atoms with Gasteiger partial charge in [-0.05, 0) is 13.1 Å². The molecule has 0 saturated carbocycles. The Balaban J connectivity index is 3.29. The van der Waals surface area contributed by atoms with Gasteiger partial charge in [-0.1, -0.05) is 0 Å². The van der Waals surface area contributed by atoms with E-state index in [1.807, 2.05) is 0 Å². The largest absolute Gasteiger partial charge is 0.502 e. The van der Waals surface area contributed by atoms with Gasteiger partial charge in [0.15, 0.2) is 5.78 Å². The lowest BCUT2D eigenvalue weighted by Gasteiger charge is -2.04. The summed E-state index contributed by atoms with van der Waals surface area (Å²) in [5.41, 5.74) is -1.22. The topological polar surface area (TPSA) is 92.5 Å². The number of aromatic hydroxyl groups is 1. The minimum Gasteiger partial charge on any atom is -0.502 e. The van der Waals surface area contributed by atoms with Crippen molar-refractivity contribution >= 4 is 11.5 Å². The van der Waals surface area contributed by atoms with E-state index in [1.54, 1.807) is 0 Å². The molecule has 0 atom stereocenters. The molecule has 0 aromatic heterocycles. The van der Waals surface area contributed by atoms with Crippen molar-refractivity contribution in [3.8, 4) is 5.75 Å². The van der Waals surface area contributed by atoms with Crippen LogP contribution in [0.15, 0.2) is 12.1 Å². The number of benzene rings is 1. The molecular formula is C9H9FN2O4. The van der Waals surface area contributed by atoms with Crippen LogP contribution < -0.4 is 5.32 Å². The zero-order chi connectivity index (χ0) is 12.3. The van der Waals surface area contributed by atoms with Crippen molar-refractivity contribution in [3.63, 3.8) is 0 Å². The maximum absolute atomic E-state index is 13.0. The van der Waals surface area contributed by atoms with E-state index in [-0.39, 0.29) is 6.54 Å². The molecule has 6 nitrogen and oxygen atoms in total. The van der Waals surface area contributed by atoms with Crippen LogP contribution in [0.1, 0.15) is 10.4 Å². The number of halogens is 1. The Morgan fingerprint density at radius 3 is 2.75 bits per heavy atom. The van der Waals surface area contributed by atoms with Gasteiger partial charge in [-0.25, -0.2) is 4.39 Å². The van der Waals surface area contributed by atoms with Gasteiger partial charge in [0.05, 0.1) is 23.1 Å². The fourth-order valence-electron chi connectivity index (χ4n) is 1.19. The van der Waals surface area contributed by atoms with Gasteiger partial charge in [0.2, 0.25) is 5.75 Å². The minimum absolute atomic E-state index is 0.145. The fourth-order valence-corrected chi connectivity index (χ4v) is 1.19. The molecule has 0 unspecified atom stereocenters. The predicted octanol–water partition coefficient (Wildman–Crippen LogP) is 0.842. The quantitative estimate of drug-likeness (QED) is 0.452. The fraction of sp³-hybridized carbons (Fsp3) is 0.222. The highest BCUT2D eigenvalue weighted by Crippen LogP contribution is 2.30. The predicted molar refractivity (Wildman–Crippen MR) is 53.0 cm³/mol. The third kappa shape index (κ3) is 2.31. The summed E-state index contributed by atoms with van der Waals surface area (Å²) >= 11 is 0. The molecule has 2 N–H and O–H groups in total. The van der Waals surface area contributed by atoms with Gasteiger partial charge >= 0.3 is 5.69 Å². The number of Topliss-reactive ketones (excluding diaryl/α,β-unsaturated/α-hetero) is 1. The summed E-state index contributed by atoms with van der Waals surface area (Å²) in [6, 6.07) is 1.33. The highest BCUT2D eigenvalue weighted by Gasteiger charge is 2.22. The SMILES string of the molecule is CNCC(=O)c1cc(F)cc([N+](=O)[O-])c1O. The van der Waals surface area contributed by atoms with E-state index in [4.69, 9.17) is 0 Å². The van der Waals surface area contributed by atoms with Crippen molar-refractivity contribution in [1.29, 1.82) is 0 Å². The summed E-state index contributed by atoms with van der Waals surface area (Å²) in [5, 5.41) is 22.4. The lowest BCUT2D eigenvalue weighted by Crippen LogP contribution is -2.19. The number of hydrogen-bond donors (Lipinski definition) is 2. The molecule has 0 fully saturated rings. The first-order chi connectivity index (χ1) is 7.47. The molecule has 0 aliphatic heterocycles. The molecule has 0 heterocycles. The number of nitrogens with one attached hydrogen (secondary N) is 1. The summed E-state index contributed by atoms with van der Waals surface area (Å²) in [6.07, 6.45) is 0. The maximum atomic E-state index is 13.0. The number of carbonyl (C=O) groups is 1. The lowest BCUT2D eigenvalue weighted by atomic mass is 10.1. The average Bonchev–Trinajstić information content (AvgIpc) is 2.20. The zero-order valence-corrected chi connectivity index (χ0v) is 8.36. The molecule has 1 rings (SSSR count). The average molecular weight is 228 g/mol. The number of phenols is 1. The van der Waals surface area contributed by atoms with Crippen molar-refractivity contribution in [2.45, 2.75) is 0 Å². The Kier molecular flexibility index (Phi) is 3.51. The van der Waals surface area contributed by atoms with E-state index >= 15 is 0 Å². The number of carbonyl (C=O) groups excluding carboxylic acids is 1. The number of rotatable bonds is 4. The summed E-state index contributed by atoms with van der Waals surface area (Å²) in [7, 11) is 1.49. The summed E-state index contributed by atoms with van der Waals surface area (Å²) in [4.78, 5) is 20.9. The van der Waals surface area contributed by atoms with Crippen LogP contribution >= 0.6 is 0 Å². The van der Waals surface area contributed by atoms with Gasteiger partial charge in [-0.3, -0.25) is 14.9 Å². The standard InChI is InChI=1S/C9H9FN2O4/c1-11-4-8(13)6-2-5(10)3-7(9(6)14)12(15)16/h2-3,11,14H,4H2,1H3. The number of phenolic OH excluding ortho intramolecular Hbond substituents is 1. The highest BCUT2D eigenvalue weighted by atomic mass is 19.1. The zero-order valence-electron chi connectivity index (χ0n) is 8.36. The molecule has 0 saturated heterocycles. The van der Waals surface area contributed by atoms with Crippen molar-refractivity contribution in [1.82, 2.24) is 5.32 Å². The summed E-state index contributed by atoms with van der Waals surface area (Å²) in [5.74, 6) is -2.38. The van der Waals surface area contributed by atoms with Crippen LogP contribution in [0.2, 0.25) is 0 Å². The first-order valence-corrected chi connectivity index (χ1v) is 4.32. The third-order valence-corrected chi connectivity index (χ3v) is 1.89. The van der Waals surface area contributed by atoms with Crippen LogP contribution in [0.3, 0.4) is 0 Å². The molecule has 7 heteroatoms. The van der Waals surface area contributed by atoms with Crippen molar-refractivity contribution in [2.24, 2.45) is 0 Å². The van der Waals surface area contributed by atoms with Crippen LogP contribution in [-0.2, 0) is 0 Å². The van der Waals surface area contributed by atoms with E-state index in [0.717, 1.165) is 6.07 Å². The molecular weight excluding hydrogens is 219 g/mol. The molecule has 0 aliphatic rings. The Morgan fingerprint density at radius 2 is 2.25 bits per heavy atom. The van der Waals surface area contributed by atoms with E-state index in [1.165, 1.54) is 7.05 Å². The van der Waals surface area contributed by atoms with E-state index in [0.29, 0.717) is 6.07 Å². The van der Waals surface area contributed by atoms with Crippen LogP contribution in [-0.4, -0.2) is 29.4 Å². The number of nitrogens with zero attached hydrogens (tertiary/aromatic N) is 1. The number of likely N-dealkylation sites (N-methyl/N-ethyl adjacent to an activating group) is 1. The van der Waals surface area contributed by atoms with Gasteiger partial charge in [0.25, 0.3) is 0 Å². The van der Waals surface area contributed by atoms with E-state index < -0.39 is 33.5 Å². The first-order valence-electron chi connectivity index (χ1n) is 4.32. The summed E-state index contributed by atoms with van der Waals surface area (Å²) < 4.78 is 13.0. The Hall–Kier alpha value is -2.02. The number of nitro groups is 1. The molecule has 1 aromatic rings. The van der Waals surface area contributed by atoms with Gasteiger partial charge < -0.3 is 10.4 Å². The highest BCUT2D eigenvalue weighted by molar-refractivity contribution is 6.01. The van der Waals surface area contributed by atoms with Crippen LogP contribution in [0, 0.1) is 15.9 Å². The van der Waals surface area contributed by atoms with Crippen molar-refractivity contribution < 1.29 is 19.2 Å². The maximum Gasteiger partial charge on any atom is 0.314 e. The second-order valence-electron chi connectivity index (χ2n) is 3.03. The molecule has 0 amide bonds. The van der Waals surface area contributed by atoms with Crippen molar-refractivity contribution in [3.05, 3.63) is 33.6 Å². The van der Waals surface area contributed by atoms with Crippen LogP contribution in [0.5, 0.6) is 5.75 Å². The molecule has 86 valence electrons. The molecule has 0 spiro atoms. The lowest BCUT2D eigenvalue weighted by molar-refractivity contribution is -0.386. The Bertz CT molecular complexity index is 447. The van der Waals surface area contributed by atoms with E-state index in [9.17, 15) is 24.4 Å². The molecule has 0 aliphatic carbocycles. The van der Waals surface area contributed by atoms with Crippen LogP contribution in [0.25, 0.3) is 0 Å². The van der Waals surface area contributed by atoms with Crippen molar-refractivity contribution in [2.75, 3.05) is 13.6 Å². The van der Waals surface area contributed by atoms with Gasteiger partial charge in [-0.2, -0.15) is 0 Å².